The lowest BCUT2D eigenvalue weighted by molar-refractivity contribution is 0.0993. The van der Waals surface area contributed by atoms with Crippen LogP contribution in [0.1, 0.15) is 21.5 Å². The Labute approximate surface area is 112 Å². The van der Waals surface area contributed by atoms with Gasteiger partial charge >= 0.3 is 0 Å². The Balaban J connectivity index is 2.21. The van der Waals surface area contributed by atoms with Gasteiger partial charge in [-0.05, 0) is 36.8 Å². The molecule has 1 heterocycles. The van der Waals surface area contributed by atoms with Crippen molar-refractivity contribution < 1.29 is 9.53 Å². The molecule has 1 aromatic carbocycles. The van der Waals surface area contributed by atoms with Gasteiger partial charge in [-0.2, -0.15) is 0 Å². The number of pyridine rings is 1. The number of rotatable bonds is 4. The number of hydrogen-bond donors (Lipinski definition) is 1. The van der Waals surface area contributed by atoms with Crippen LogP contribution in [-0.4, -0.2) is 17.9 Å². The fourth-order valence-electron chi connectivity index (χ4n) is 1.91. The van der Waals surface area contributed by atoms with E-state index in [0.29, 0.717) is 11.3 Å². The van der Waals surface area contributed by atoms with E-state index in [4.69, 9.17) is 10.5 Å². The SMILES string of the molecule is COc1ccc(C(=O)Cc2cnccc2N)cc1C. The molecule has 0 aliphatic heterocycles. The minimum absolute atomic E-state index is 0.0189. The third-order valence-electron chi connectivity index (χ3n) is 3.01. The lowest BCUT2D eigenvalue weighted by atomic mass is 10.0. The van der Waals surface area contributed by atoms with Gasteiger partial charge in [0.2, 0.25) is 0 Å². The number of nitrogens with two attached hydrogens (primary N) is 1. The number of aromatic nitrogens is 1. The van der Waals surface area contributed by atoms with Gasteiger partial charge in [-0.3, -0.25) is 9.78 Å². The molecule has 2 N–H and O–H groups in total. The molecule has 2 rings (SSSR count). The number of nitrogens with zero attached hydrogens (tertiary/aromatic N) is 1. The largest absolute Gasteiger partial charge is 0.496 e. The minimum Gasteiger partial charge on any atom is -0.496 e. The Morgan fingerprint density at radius 3 is 2.79 bits per heavy atom. The fourth-order valence-corrected chi connectivity index (χ4v) is 1.91. The second-order valence-corrected chi connectivity index (χ2v) is 4.36. The molecule has 0 atom stereocenters. The van der Waals surface area contributed by atoms with Crippen LogP contribution >= 0.6 is 0 Å². The molecule has 0 aliphatic carbocycles. The van der Waals surface area contributed by atoms with Gasteiger partial charge in [0.1, 0.15) is 5.75 Å². The van der Waals surface area contributed by atoms with E-state index in [0.717, 1.165) is 16.9 Å². The van der Waals surface area contributed by atoms with Crippen molar-refractivity contribution in [1.82, 2.24) is 4.98 Å². The van der Waals surface area contributed by atoms with Gasteiger partial charge < -0.3 is 10.5 Å². The van der Waals surface area contributed by atoms with E-state index in [1.54, 1.807) is 37.7 Å². The molecule has 0 amide bonds. The van der Waals surface area contributed by atoms with Crippen molar-refractivity contribution >= 4 is 11.5 Å². The number of nitrogen functional groups attached to an aromatic ring is 1. The topological polar surface area (TPSA) is 65.2 Å². The van der Waals surface area contributed by atoms with Crippen LogP contribution in [0.2, 0.25) is 0 Å². The zero-order valence-corrected chi connectivity index (χ0v) is 11.0. The van der Waals surface area contributed by atoms with Crippen molar-refractivity contribution in [3.63, 3.8) is 0 Å². The van der Waals surface area contributed by atoms with Crippen LogP contribution in [0.3, 0.4) is 0 Å². The average Bonchev–Trinajstić information content (AvgIpc) is 2.41. The van der Waals surface area contributed by atoms with Gasteiger partial charge in [0.15, 0.2) is 5.78 Å². The molecule has 1 aromatic heterocycles. The molecule has 0 unspecified atom stereocenters. The maximum absolute atomic E-state index is 12.2. The van der Waals surface area contributed by atoms with Crippen molar-refractivity contribution in [2.45, 2.75) is 13.3 Å². The molecule has 4 nitrogen and oxygen atoms in total. The maximum atomic E-state index is 12.2. The van der Waals surface area contributed by atoms with Crippen molar-refractivity contribution in [3.05, 3.63) is 53.3 Å². The predicted octanol–water partition coefficient (Wildman–Crippen LogP) is 2.41. The first-order valence-electron chi connectivity index (χ1n) is 5.98. The van der Waals surface area contributed by atoms with Crippen LogP contribution in [0.4, 0.5) is 5.69 Å². The maximum Gasteiger partial charge on any atom is 0.167 e. The number of hydrogen-bond acceptors (Lipinski definition) is 4. The summed E-state index contributed by atoms with van der Waals surface area (Å²) in [7, 11) is 1.61. The van der Waals surface area contributed by atoms with Crippen LogP contribution in [-0.2, 0) is 6.42 Å². The van der Waals surface area contributed by atoms with E-state index in [2.05, 4.69) is 4.98 Å². The summed E-state index contributed by atoms with van der Waals surface area (Å²) in [6, 6.07) is 7.09. The van der Waals surface area contributed by atoms with Gasteiger partial charge in [-0.15, -0.1) is 0 Å². The molecular formula is C15H16N2O2. The molecule has 0 aliphatic rings. The van der Waals surface area contributed by atoms with E-state index in [9.17, 15) is 4.79 Å². The Hall–Kier alpha value is -2.36. The second kappa shape index (κ2) is 5.52. The summed E-state index contributed by atoms with van der Waals surface area (Å²) in [5.41, 5.74) is 8.74. The normalized spacial score (nSPS) is 10.2. The summed E-state index contributed by atoms with van der Waals surface area (Å²) < 4.78 is 5.18. The zero-order valence-electron chi connectivity index (χ0n) is 11.0. The first kappa shape index (κ1) is 13.1. The first-order chi connectivity index (χ1) is 9.11. The van der Waals surface area contributed by atoms with Crippen LogP contribution in [0, 0.1) is 6.92 Å². The highest BCUT2D eigenvalue weighted by Crippen LogP contribution is 2.20. The van der Waals surface area contributed by atoms with Crippen LogP contribution in [0.25, 0.3) is 0 Å². The third kappa shape index (κ3) is 2.91. The second-order valence-electron chi connectivity index (χ2n) is 4.36. The number of carbonyl (C=O) groups excluding carboxylic acids is 1. The smallest absolute Gasteiger partial charge is 0.167 e. The summed E-state index contributed by atoms with van der Waals surface area (Å²) >= 11 is 0. The summed E-state index contributed by atoms with van der Waals surface area (Å²) in [4.78, 5) is 16.2. The van der Waals surface area contributed by atoms with Crippen molar-refractivity contribution in [2.75, 3.05) is 12.8 Å². The quantitative estimate of drug-likeness (QED) is 0.853. The highest BCUT2D eigenvalue weighted by atomic mass is 16.5. The number of ether oxygens (including phenoxy) is 1. The van der Waals surface area contributed by atoms with E-state index in [-0.39, 0.29) is 12.2 Å². The van der Waals surface area contributed by atoms with E-state index < -0.39 is 0 Å². The van der Waals surface area contributed by atoms with Crippen LogP contribution in [0.5, 0.6) is 5.75 Å². The molecule has 19 heavy (non-hydrogen) atoms. The molecular weight excluding hydrogens is 240 g/mol. The molecule has 0 saturated heterocycles. The van der Waals surface area contributed by atoms with Crippen molar-refractivity contribution in [1.29, 1.82) is 0 Å². The molecule has 2 aromatic rings. The van der Waals surface area contributed by atoms with Crippen molar-refractivity contribution in [3.8, 4) is 5.75 Å². The fraction of sp³-hybridized carbons (Fsp3) is 0.200. The summed E-state index contributed by atoms with van der Waals surface area (Å²) in [5, 5.41) is 0. The van der Waals surface area contributed by atoms with E-state index in [1.165, 1.54) is 0 Å². The van der Waals surface area contributed by atoms with E-state index in [1.807, 2.05) is 13.0 Å². The molecule has 0 fully saturated rings. The van der Waals surface area contributed by atoms with Gasteiger partial charge in [0.05, 0.1) is 7.11 Å². The zero-order chi connectivity index (χ0) is 13.8. The van der Waals surface area contributed by atoms with Gasteiger partial charge in [-0.25, -0.2) is 0 Å². The number of benzene rings is 1. The number of Topliss-reactive ketones (excluding diaryl/α,β-unsaturated/α-hetero) is 1. The molecule has 98 valence electrons. The van der Waals surface area contributed by atoms with Gasteiger partial charge in [-0.1, -0.05) is 0 Å². The lowest BCUT2D eigenvalue weighted by Gasteiger charge is -2.07. The number of methoxy groups -OCH3 is 1. The Bertz CT molecular complexity index is 609. The Morgan fingerprint density at radius 1 is 1.37 bits per heavy atom. The number of aryl methyl sites for hydroxylation is 1. The van der Waals surface area contributed by atoms with Crippen LogP contribution in [0.15, 0.2) is 36.7 Å². The highest BCUT2D eigenvalue weighted by molar-refractivity contribution is 5.98. The molecule has 0 spiro atoms. The number of anilines is 1. The molecule has 4 heteroatoms. The third-order valence-corrected chi connectivity index (χ3v) is 3.01. The summed E-state index contributed by atoms with van der Waals surface area (Å²) in [6.45, 7) is 1.91. The van der Waals surface area contributed by atoms with Crippen LogP contribution < -0.4 is 10.5 Å². The molecule has 0 radical (unpaired) electrons. The standard InChI is InChI=1S/C15H16N2O2/c1-10-7-11(3-4-15(10)19-2)14(18)8-12-9-17-6-5-13(12)16/h3-7,9H,8H2,1-2H3,(H2,16,17). The lowest BCUT2D eigenvalue weighted by Crippen LogP contribution is -2.06. The highest BCUT2D eigenvalue weighted by Gasteiger charge is 2.11. The Kier molecular flexibility index (Phi) is 3.80. The molecule has 0 saturated carbocycles. The minimum atomic E-state index is 0.0189. The predicted molar refractivity (Wildman–Crippen MR) is 74.4 cm³/mol. The van der Waals surface area contributed by atoms with Gasteiger partial charge in [0, 0.05) is 35.6 Å². The first-order valence-corrected chi connectivity index (χ1v) is 5.98. The Morgan fingerprint density at radius 2 is 2.16 bits per heavy atom. The summed E-state index contributed by atoms with van der Waals surface area (Å²) in [6.07, 6.45) is 3.50. The molecule has 0 bridgehead atoms. The van der Waals surface area contributed by atoms with Gasteiger partial charge in [0.25, 0.3) is 0 Å². The van der Waals surface area contributed by atoms with Crippen molar-refractivity contribution in [2.24, 2.45) is 0 Å². The number of carbonyl (C=O) groups is 1. The monoisotopic (exact) mass is 256 g/mol. The van der Waals surface area contributed by atoms with E-state index >= 15 is 0 Å². The number of ketones is 1. The average molecular weight is 256 g/mol. The summed E-state index contributed by atoms with van der Waals surface area (Å²) in [5.74, 6) is 0.794.